The zero-order valence-electron chi connectivity index (χ0n) is 16.6. The van der Waals surface area contributed by atoms with Gasteiger partial charge in [0.1, 0.15) is 6.07 Å². The molecule has 0 radical (unpaired) electrons. The minimum absolute atomic E-state index is 0.524. The number of nitrogens with zero attached hydrogens (tertiary/aromatic N) is 1. The summed E-state index contributed by atoms with van der Waals surface area (Å²) in [6.45, 7) is 6.80. The SMILES string of the molecule is C=C(C1CCC(C=CC=C(F)C#N)CC1)C1CCC(CCCCC)CC1. The lowest BCUT2D eigenvalue weighted by Gasteiger charge is -2.35. The molecule has 2 saturated carbocycles. The molecule has 0 unspecified atom stereocenters. The highest BCUT2D eigenvalue weighted by molar-refractivity contribution is 5.19. The Balaban J connectivity index is 1.69. The van der Waals surface area contributed by atoms with E-state index in [1.165, 1.54) is 81.9 Å². The Bertz CT molecular complexity index is 523. The maximum atomic E-state index is 12.8. The quantitative estimate of drug-likeness (QED) is 0.189. The maximum absolute atomic E-state index is 12.8. The first kappa shape index (κ1) is 20.9. The molecule has 2 heteroatoms. The fourth-order valence-corrected chi connectivity index (χ4v) is 4.86. The van der Waals surface area contributed by atoms with Crippen LogP contribution in [0.2, 0.25) is 0 Å². The van der Waals surface area contributed by atoms with Crippen molar-refractivity contribution < 1.29 is 4.39 Å². The van der Waals surface area contributed by atoms with Gasteiger partial charge in [0.05, 0.1) is 0 Å². The summed E-state index contributed by atoms with van der Waals surface area (Å²) in [6, 6.07) is 1.51. The first-order valence-corrected chi connectivity index (χ1v) is 10.8. The average Bonchev–Trinajstić information content (AvgIpc) is 2.68. The Morgan fingerprint density at radius 2 is 1.65 bits per heavy atom. The van der Waals surface area contributed by atoms with E-state index in [-0.39, 0.29) is 0 Å². The highest BCUT2D eigenvalue weighted by Gasteiger charge is 2.28. The molecule has 1 nitrogen and oxygen atoms in total. The van der Waals surface area contributed by atoms with Crippen LogP contribution in [0.1, 0.15) is 84.0 Å². The van der Waals surface area contributed by atoms with Crippen molar-refractivity contribution in [1.82, 2.24) is 0 Å². The number of hydrogen-bond donors (Lipinski definition) is 0. The molecule has 0 N–H and O–H groups in total. The van der Waals surface area contributed by atoms with E-state index in [0.717, 1.165) is 24.7 Å². The van der Waals surface area contributed by atoms with E-state index < -0.39 is 5.83 Å². The number of halogens is 1. The monoisotopic (exact) mass is 357 g/mol. The van der Waals surface area contributed by atoms with Gasteiger partial charge in [-0.3, -0.25) is 0 Å². The minimum atomic E-state index is -0.714. The van der Waals surface area contributed by atoms with Crippen LogP contribution in [0, 0.1) is 35.0 Å². The van der Waals surface area contributed by atoms with Crippen molar-refractivity contribution in [1.29, 1.82) is 5.26 Å². The molecule has 0 aliphatic heterocycles. The van der Waals surface area contributed by atoms with Crippen LogP contribution in [0.25, 0.3) is 0 Å². The molecule has 0 saturated heterocycles. The van der Waals surface area contributed by atoms with Crippen LogP contribution in [0.15, 0.2) is 36.2 Å². The number of nitriles is 1. The molecule has 2 aliphatic rings. The summed E-state index contributed by atoms with van der Waals surface area (Å²) >= 11 is 0. The van der Waals surface area contributed by atoms with Crippen LogP contribution in [0.4, 0.5) is 4.39 Å². The molecule has 2 aliphatic carbocycles. The Labute approximate surface area is 160 Å². The van der Waals surface area contributed by atoms with Gasteiger partial charge >= 0.3 is 0 Å². The van der Waals surface area contributed by atoms with Crippen LogP contribution in [0.3, 0.4) is 0 Å². The van der Waals surface area contributed by atoms with Crippen LogP contribution >= 0.6 is 0 Å². The van der Waals surface area contributed by atoms with Gasteiger partial charge in [0.15, 0.2) is 5.83 Å². The third-order valence-corrected chi connectivity index (χ3v) is 6.62. The second-order valence-electron chi connectivity index (χ2n) is 8.41. The van der Waals surface area contributed by atoms with Gasteiger partial charge in [-0.15, -0.1) is 0 Å². The van der Waals surface area contributed by atoms with E-state index in [9.17, 15) is 4.39 Å². The Morgan fingerprint density at radius 3 is 2.23 bits per heavy atom. The summed E-state index contributed by atoms with van der Waals surface area (Å²) < 4.78 is 12.8. The van der Waals surface area contributed by atoms with E-state index in [2.05, 4.69) is 19.6 Å². The molecule has 0 aromatic carbocycles. The van der Waals surface area contributed by atoms with Gasteiger partial charge in [0.25, 0.3) is 0 Å². The number of allylic oxidation sites excluding steroid dienone is 5. The van der Waals surface area contributed by atoms with Crippen molar-refractivity contribution in [3.05, 3.63) is 36.2 Å². The first-order valence-electron chi connectivity index (χ1n) is 10.8. The van der Waals surface area contributed by atoms with Gasteiger partial charge in [0, 0.05) is 0 Å². The standard InChI is InChI=1S/C24H36FN/c1-3-4-5-7-20-10-14-22(15-11-20)19(2)23-16-12-21(13-17-23)8-6-9-24(25)18-26/h6,8-9,20-23H,2-5,7,10-17H2,1H3. The smallest absolute Gasteiger partial charge is 0.195 e. The minimum Gasteiger partial charge on any atom is -0.195 e. The third-order valence-electron chi connectivity index (χ3n) is 6.62. The van der Waals surface area contributed by atoms with Gasteiger partial charge in [-0.05, 0) is 81.1 Å². The molecule has 0 amide bonds. The van der Waals surface area contributed by atoms with Crippen LogP contribution in [0.5, 0.6) is 0 Å². The average molecular weight is 358 g/mol. The molecular formula is C24H36FN. The Morgan fingerprint density at radius 1 is 1.04 bits per heavy atom. The highest BCUT2D eigenvalue weighted by atomic mass is 19.1. The molecule has 0 bridgehead atoms. The summed E-state index contributed by atoms with van der Waals surface area (Å²) in [4.78, 5) is 0. The second kappa shape index (κ2) is 11.4. The molecule has 0 aromatic heterocycles. The molecule has 0 spiro atoms. The fraction of sp³-hybridized carbons (Fsp3) is 0.708. The van der Waals surface area contributed by atoms with Gasteiger partial charge in [-0.2, -0.15) is 9.65 Å². The summed E-state index contributed by atoms with van der Waals surface area (Å²) in [5.41, 5.74) is 1.52. The highest BCUT2D eigenvalue weighted by Crippen LogP contribution is 2.42. The Hall–Kier alpha value is -1.36. The number of rotatable bonds is 8. The van der Waals surface area contributed by atoms with Crippen LogP contribution < -0.4 is 0 Å². The molecular weight excluding hydrogens is 321 g/mol. The molecule has 2 rings (SSSR count). The first-order chi connectivity index (χ1) is 12.6. The zero-order chi connectivity index (χ0) is 18.8. The molecule has 0 heterocycles. The van der Waals surface area contributed by atoms with Crippen LogP contribution in [-0.4, -0.2) is 0 Å². The molecule has 0 aromatic rings. The lowest BCUT2D eigenvalue weighted by Crippen LogP contribution is -2.22. The Kier molecular flexibility index (Phi) is 9.16. The summed E-state index contributed by atoms with van der Waals surface area (Å²) in [7, 11) is 0. The van der Waals surface area contributed by atoms with Gasteiger partial charge in [-0.25, -0.2) is 0 Å². The van der Waals surface area contributed by atoms with Crippen molar-refractivity contribution in [2.45, 2.75) is 84.0 Å². The molecule has 26 heavy (non-hydrogen) atoms. The molecule has 144 valence electrons. The maximum Gasteiger partial charge on any atom is 0.199 e. The molecule has 2 fully saturated rings. The van der Waals surface area contributed by atoms with Crippen molar-refractivity contribution in [2.24, 2.45) is 23.7 Å². The lowest BCUT2D eigenvalue weighted by atomic mass is 9.70. The van der Waals surface area contributed by atoms with E-state index in [4.69, 9.17) is 5.26 Å². The van der Waals surface area contributed by atoms with E-state index in [1.54, 1.807) is 6.08 Å². The third kappa shape index (κ3) is 6.75. The van der Waals surface area contributed by atoms with Crippen molar-refractivity contribution in [3.63, 3.8) is 0 Å². The summed E-state index contributed by atoms with van der Waals surface area (Å²) in [5.74, 6) is 2.22. The van der Waals surface area contributed by atoms with Gasteiger partial charge in [-0.1, -0.05) is 56.9 Å². The predicted octanol–water partition coefficient (Wildman–Crippen LogP) is 7.67. The van der Waals surface area contributed by atoms with E-state index >= 15 is 0 Å². The number of unbranched alkanes of at least 4 members (excludes halogenated alkanes) is 2. The predicted molar refractivity (Wildman–Crippen MR) is 108 cm³/mol. The van der Waals surface area contributed by atoms with Crippen molar-refractivity contribution >= 4 is 0 Å². The van der Waals surface area contributed by atoms with Crippen LogP contribution in [-0.2, 0) is 0 Å². The number of hydrogen-bond acceptors (Lipinski definition) is 1. The van der Waals surface area contributed by atoms with Gasteiger partial charge < -0.3 is 0 Å². The fourth-order valence-electron chi connectivity index (χ4n) is 4.86. The largest absolute Gasteiger partial charge is 0.199 e. The topological polar surface area (TPSA) is 23.8 Å². The normalized spacial score (nSPS) is 30.3. The van der Waals surface area contributed by atoms with E-state index in [1.807, 2.05) is 0 Å². The second-order valence-corrected chi connectivity index (χ2v) is 8.41. The van der Waals surface area contributed by atoms with E-state index in [0.29, 0.717) is 11.8 Å². The van der Waals surface area contributed by atoms with Crippen molar-refractivity contribution in [2.75, 3.05) is 0 Å². The lowest BCUT2D eigenvalue weighted by molar-refractivity contribution is 0.253. The summed E-state index contributed by atoms with van der Waals surface area (Å²) in [6.07, 6.45) is 20.9. The molecule has 0 atom stereocenters. The zero-order valence-corrected chi connectivity index (χ0v) is 16.6. The van der Waals surface area contributed by atoms with Crippen molar-refractivity contribution in [3.8, 4) is 6.07 Å². The summed E-state index contributed by atoms with van der Waals surface area (Å²) in [5, 5.41) is 8.42. The van der Waals surface area contributed by atoms with Gasteiger partial charge in [0.2, 0.25) is 0 Å².